The van der Waals surface area contributed by atoms with Crippen LogP contribution in [0.2, 0.25) is 0 Å². The van der Waals surface area contributed by atoms with Gasteiger partial charge in [-0.25, -0.2) is 4.79 Å². The minimum atomic E-state index is -0.953. The lowest BCUT2D eigenvalue weighted by molar-refractivity contribution is -0.120. The van der Waals surface area contributed by atoms with Crippen LogP contribution in [0.4, 0.5) is 0 Å². The largest absolute Gasteiger partial charge is 0.478 e. The van der Waals surface area contributed by atoms with Gasteiger partial charge in [-0.15, -0.1) is 0 Å². The number of aromatic nitrogens is 1. The van der Waals surface area contributed by atoms with Crippen molar-refractivity contribution in [2.24, 2.45) is 0 Å². The molecule has 1 amide bonds. The van der Waals surface area contributed by atoms with E-state index in [1.54, 1.807) is 42.6 Å². The zero-order chi connectivity index (χ0) is 15.1. The molecule has 2 aromatic rings. The number of carbonyl (C=O) groups is 2. The van der Waals surface area contributed by atoms with Gasteiger partial charge in [-0.3, -0.25) is 9.78 Å². The summed E-state index contributed by atoms with van der Waals surface area (Å²) < 4.78 is 0. The van der Waals surface area contributed by atoms with Crippen LogP contribution >= 0.6 is 0 Å². The number of carboxylic acids is 1. The number of rotatable bonds is 6. The molecule has 0 saturated heterocycles. The second-order valence-electron chi connectivity index (χ2n) is 4.56. The fraction of sp³-hybridized carbons (Fsp3) is 0.188. The second kappa shape index (κ2) is 7.19. The zero-order valence-electron chi connectivity index (χ0n) is 11.5. The molecule has 0 radical (unpaired) electrons. The van der Waals surface area contributed by atoms with E-state index in [1.165, 1.54) is 0 Å². The fourth-order valence-electron chi connectivity index (χ4n) is 2.01. The lowest BCUT2D eigenvalue weighted by Crippen LogP contribution is -2.27. The Hall–Kier alpha value is -2.69. The highest BCUT2D eigenvalue weighted by Crippen LogP contribution is 2.09. The van der Waals surface area contributed by atoms with Crippen molar-refractivity contribution in [3.63, 3.8) is 0 Å². The average Bonchev–Trinajstić information content (AvgIpc) is 2.48. The molecule has 0 atom stereocenters. The molecule has 0 saturated carbocycles. The molecule has 1 heterocycles. The van der Waals surface area contributed by atoms with E-state index in [1.807, 2.05) is 6.07 Å². The van der Waals surface area contributed by atoms with Crippen LogP contribution in [0.3, 0.4) is 0 Å². The van der Waals surface area contributed by atoms with Gasteiger partial charge in [0.05, 0.1) is 12.0 Å². The van der Waals surface area contributed by atoms with E-state index >= 15 is 0 Å². The van der Waals surface area contributed by atoms with Gasteiger partial charge in [-0.05, 0) is 30.2 Å². The van der Waals surface area contributed by atoms with Gasteiger partial charge in [0.1, 0.15) is 0 Å². The van der Waals surface area contributed by atoms with Gasteiger partial charge in [-0.1, -0.05) is 24.3 Å². The van der Waals surface area contributed by atoms with Gasteiger partial charge < -0.3 is 10.4 Å². The summed E-state index contributed by atoms with van der Waals surface area (Å²) >= 11 is 0. The smallest absolute Gasteiger partial charge is 0.335 e. The third-order valence-electron chi connectivity index (χ3n) is 3.03. The molecule has 0 aliphatic rings. The number of nitrogens with one attached hydrogen (secondary N) is 1. The monoisotopic (exact) mass is 284 g/mol. The van der Waals surface area contributed by atoms with Gasteiger partial charge in [0, 0.05) is 18.4 Å². The van der Waals surface area contributed by atoms with E-state index in [4.69, 9.17) is 5.11 Å². The van der Waals surface area contributed by atoms with Crippen molar-refractivity contribution >= 4 is 11.9 Å². The minimum Gasteiger partial charge on any atom is -0.478 e. The molecule has 0 aliphatic heterocycles. The molecule has 2 N–H and O–H groups in total. The first-order valence-corrected chi connectivity index (χ1v) is 6.64. The number of pyridine rings is 1. The molecule has 5 nitrogen and oxygen atoms in total. The van der Waals surface area contributed by atoms with E-state index in [0.29, 0.717) is 24.2 Å². The van der Waals surface area contributed by atoms with Crippen LogP contribution in [0.5, 0.6) is 0 Å². The molecule has 108 valence electrons. The zero-order valence-corrected chi connectivity index (χ0v) is 11.5. The number of benzene rings is 1. The normalized spacial score (nSPS) is 10.1. The van der Waals surface area contributed by atoms with Gasteiger partial charge >= 0.3 is 5.97 Å². The van der Waals surface area contributed by atoms with Crippen LogP contribution < -0.4 is 5.32 Å². The van der Waals surface area contributed by atoms with Crippen molar-refractivity contribution in [2.45, 2.75) is 12.8 Å². The molecule has 1 aromatic heterocycles. The number of nitrogens with zero attached hydrogens (tertiary/aromatic N) is 1. The summed E-state index contributed by atoms with van der Waals surface area (Å²) in [6, 6.07) is 12.2. The van der Waals surface area contributed by atoms with Crippen LogP contribution in [-0.2, 0) is 17.6 Å². The highest BCUT2D eigenvalue weighted by atomic mass is 16.4. The van der Waals surface area contributed by atoms with Crippen molar-refractivity contribution < 1.29 is 14.7 Å². The Kier molecular flexibility index (Phi) is 5.04. The van der Waals surface area contributed by atoms with Gasteiger partial charge in [0.15, 0.2) is 0 Å². The molecular weight excluding hydrogens is 268 g/mol. The van der Waals surface area contributed by atoms with Gasteiger partial charge in [0.25, 0.3) is 0 Å². The summed E-state index contributed by atoms with van der Waals surface area (Å²) in [6.07, 6.45) is 2.35. The Bertz CT molecular complexity index is 626. The first-order valence-electron chi connectivity index (χ1n) is 6.64. The van der Waals surface area contributed by atoms with Crippen molar-refractivity contribution in [1.29, 1.82) is 0 Å². The Labute approximate surface area is 122 Å². The molecule has 0 fully saturated rings. The SMILES string of the molecule is O=C(Cc1ccccn1)NCCc1ccccc1C(=O)O. The maximum atomic E-state index is 11.8. The van der Waals surface area contributed by atoms with Crippen molar-refractivity contribution in [2.75, 3.05) is 6.54 Å². The molecule has 21 heavy (non-hydrogen) atoms. The minimum absolute atomic E-state index is 0.124. The summed E-state index contributed by atoms with van der Waals surface area (Å²) in [7, 11) is 0. The molecular formula is C16H16N2O3. The first kappa shape index (κ1) is 14.7. The quantitative estimate of drug-likeness (QED) is 0.846. The number of carboxylic acid groups (broad SMARTS) is 1. The summed E-state index contributed by atoms with van der Waals surface area (Å²) in [5.41, 5.74) is 1.69. The molecule has 0 spiro atoms. The number of hydrogen-bond donors (Lipinski definition) is 2. The molecule has 2 rings (SSSR count). The second-order valence-corrected chi connectivity index (χ2v) is 4.56. The van der Waals surface area contributed by atoms with E-state index < -0.39 is 5.97 Å². The van der Waals surface area contributed by atoms with E-state index in [9.17, 15) is 9.59 Å². The molecule has 1 aromatic carbocycles. The lowest BCUT2D eigenvalue weighted by atomic mass is 10.0. The standard InChI is InChI=1S/C16H16N2O3/c19-15(11-13-6-3-4-9-17-13)18-10-8-12-5-1-2-7-14(12)16(20)21/h1-7,9H,8,10-11H2,(H,18,19)(H,20,21). The third-order valence-corrected chi connectivity index (χ3v) is 3.03. The van der Waals surface area contributed by atoms with Crippen LogP contribution in [-0.4, -0.2) is 28.5 Å². The molecule has 5 heteroatoms. The maximum Gasteiger partial charge on any atom is 0.335 e. The van der Waals surface area contributed by atoms with E-state index in [0.717, 1.165) is 0 Å². The van der Waals surface area contributed by atoms with E-state index in [-0.39, 0.29) is 17.9 Å². The highest BCUT2D eigenvalue weighted by molar-refractivity contribution is 5.89. The van der Waals surface area contributed by atoms with Crippen molar-refractivity contribution in [3.8, 4) is 0 Å². The average molecular weight is 284 g/mol. The summed E-state index contributed by atoms with van der Waals surface area (Å²) in [5, 5.41) is 11.8. The number of hydrogen-bond acceptors (Lipinski definition) is 3. The van der Waals surface area contributed by atoms with Crippen LogP contribution in [0.15, 0.2) is 48.7 Å². The van der Waals surface area contributed by atoms with Crippen LogP contribution in [0.25, 0.3) is 0 Å². The lowest BCUT2D eigenvalue weighted by Gasteiger charge is -2.07. The van der Waals surface area contributed by atoms with Crippen molar-refractivity contribution in [3.05, 3.63) is 65.5 Å². The maximum absolute atomic E-state index is 11.8. The highest BCUT2D eigenvalue weighted by Gasteiger charge is 2.09. The number of carbonyl (C=O) groups excluding carboxylic acids is 1. The van der Waals surface area contributed by atoms with Crippen molar-refractivity contribution in [1.82, 2.24) is 10.3 Å². The molecule has 0 bridgehead atoms. The third kappa shape index (κ3) is 4.42. The number of amides is 1. The summed E-state index contributed by atoms with van der Waals surface area (Å²) in [4.78, 5) is 26.9. The summed E-state index contributed by atoms with van der Waals surface area (Å²) in [6.45, 7) is 0.399. The number of aromatic carboxylic acids is 1. The van der Waals surface area contributed by atoms with Gasteiger partial charge in [0.2, 0.25) is 5.91 Å². The van der Waals surface area contributed by atoms with Crippen LogP contribution in [0.1, 0.15) is 21.6 Å². The Morgan fingerprint density at radius 3 is 2.57 bits per heavy atom. The van der Waals surface area contributed by atoms with Gasteiger partial charge in [-0.2, -0.15) is 0 Å². The predicted molar refractivity (Wildman–Crippen MR) is 78.1 cm³/mol. The Morgan fingerprint density at radius 2 is 1.86 bits per heavy atom. The first-order chi connectivity index (χ1) is 10.2. The Morgan fingerprint density at radius 1 is 1.10 bits per heavy atom. The molecule has 0 aliphatic carbocycles. The van der Waals surface area contributed by atoms with Crippen LogP contribution in [0, 0.1) is 0 Å². The summed E-state index contributed by atoms with van der Waals surface area (Å²) in [5.74, 6) is -1.08. The fourth-order valence-corrected chi connectivity index (χ4v) is 2.01. The predicted octanol–water partition coefficient (Wildman–Crippen LogP) is 1.68. The Balaban J connectivity index is 1.84. The molecule has 0 unspecified atom stereocenters. The topological polar surface area (TPSA) is 79.3 Å². The van der Waals surface area contributed by atoms with E-state index in [2.05, 4.69) is 10.3 Å².